The lowest BCUT2D eigenvalue weighted by Crippen LogP contribution is -2.32. The number of carboxylic acids is 1. The van der Waals surface area contributed by atoms with Gasteiger partial charge in [0.05, 0.1) is 12.0 Å². The van der Waals surface area contributed by atoms with Gasteiger partial charge in [-0.1, -0.05) is 11.6 Å². The molecule has 3 nitrogen and oxygen atoms in total. The summed E-state index contributed by atoms with van der Waals surface area (Å²) in [6, 6.07) is 3.78. The van der Waals surface area contributed by atoms with Gasteiger partial charge in [0, 0.05) is 11.4 Å². The zero-order valence-electron chi connectivity index (χ0n) is 10.9. The van der Waals surface area contributed by atoms with E-state index in [-0.39, 0.29) is 5.92 Å². The van der Waals surface area contributed by atoms with Crippen LogP contribution in [0.5, 0.6) is 5.75 Å². The van der Waals surface area contributed by atoms with Crippen molar-refractivity contribution >= 4 is 17.6 Å². The molecule has 1 N–H and O–H groups in total. The van der Waals surface area contributed by atoms with E-state index >= 15 is 0 Å². The minimum Gasteiger partial charge on any atom is -0.493 e. The van der Waals surface area contributed by atoms with Gasteiger partial charge in [0.15, 0.2) is 0 Å². The van der Waals surface area contributed by atoms with Crippen LogP contribution in [0.3, 0.4) is 0 Å². The normalized spacial score (nSPS) is 20.5. The SMILES string of the molecule is CC(Cc1cc(Cl)cc2c1OCC2)(C(=O)O)C1CC1. The molecule has 0 bridgehead atoms. The summed E-state index contributed by atoms with van der Waals surface area (Å²) < 4.78 is 5.66. The van der Waals surface area contributed by atoms with Crippen molar-refractivity contribution in [2.75, 3.05) is 6.61 Å². The summed E-state index contributed by atoms with van der Waals surface area (Å²) in [5, 5.41) is 10.2. The van der Waals surface area contributed by atoms with Crippen molar-refractivity contribution in [2.45, 2.75) is 32.6 Å². The first-order valence-electron chi connectivity index (χ1n) is 6.68. The van der Waals surface area contributed by atoms with Gasteiger partial charge >= 0.3 is 5.97 Å². The molecule has 1 aromatic carbocycles. The maximum atomic E-state index is 11.6. The Hall–Kier alpha value is -1.22. The number of rotatable bonds is 4. The number of hydrogen-bond donors (Lipinski definition) is 1. The van der Waals surface area contributed by atoms with E-state index in [2.05, 4.69) is 0 Å². The second-order valence-electron chi connectivity index (χ2n) is 5.83. The number of carboxylic acid groups (broad SMARTS) is 1. The first-order chi connectivity index (χ1) is 9.00. The van der Waals surface area contributed by atoms with E-state index in [1.165, 1.54) is 0 Å². The molecule has 0 amide bonds. The van der Waals surface area contributed by atoms with E-state index in [0.717, 1.165) is 36.1 Å². The van der Waals surface area contributed by atoms with E-state index < -0.39 is 11.4 Å². The molecule has 0 aromatic heterocycles. The number of halogens is 1. The molecule has 0 saturated heterocycles. The second-order valence-corrected chi connectivity index (χ2v) is 6.26. The number of carbonyl (C=O) groups is 1. The molecule has 2 aliphatic rings. The Morgan fingerprint density at radius 3 is 2.89 bits per heavy atom. The highest BCUT2D eigenvalue weighted by Gasteiger charge is 2.47. The van der Waals surface area contributed by atoms with Crippen molar-refractivity contribution in [1.29, 1.82) is 0 Å². The van der Waals surface area contributed by atoms with Crippen LogP contribution >= 0.6 is 11.6 Å². The van der Waals surface area contributed by atoms with E-state index in [1.54, 1.807) is 0 Å². The van der Waals surface area contributed by atoms with Crippen molar-refractivity contribution in [2.24, 2.45) is 11.3 Å². The van der Waals surface area contributed by atoms with Gasteiger partial charge in [-0.05, 0) is 55.4 Å². The van der Waals surface area contributed by atoms with Crippen LogP contribution in [0.25, 0.3) is 0 Å². The van der Waals surface area contributed by atoms with Crippen LogP contribution in [0.4, 0.5) is 0 Å². The quantitative estimate of drug-likeness (QED) is 0.920. The molecule has 0 spiro atoms. The Morgan fingerprint density at radius 1 is 1.53 bits per heavy atom. The second kappa shape index (κ2) is 4.41. The lowest BCUT2D eigenvalue weighted by Gasteiger charge is -2.25. The van der Waals surface area contributed by atoms with Crippen molar-refractivity contribution in [3.05, 3.63) is 28.3 Å². The molecule has 1 aromatic rings. The zero-order valence-corrected chi connectivity index (χ0v) is 11.7. The lowest BCUT2D eigenvalue weighted by atomic mass is 9.78. The zero-order chi connectivity index (χ0) is 13.6. The van der Waals surface area contributed by atoms with Crippen LogP contribution in [0, 0.1) is 11.3 Å². The standard InChI is InChI=1S/C15H17ClO3/c1-15(14(17)18,11-2-3-11)8-10-7-12(16)6-9-4-5-19-13(9)10/h6-7,11H,2-5,8H2,1H3,(H,17,18). The highest BCUT2D eigenvalue weighted by molar-refractivity contribution is 6.30. The molecule has 3 rings (SSSR count). The van der Waals surface area contributed by atoms with Crippen molar-refractivity contribution in [1.82, 2.24) is 0 Å². The summed E-state index contributed by atoms with van der Waals surface area (Å²) in [6.07, 6.45) is 3.37. The first kappa shape index (κ1) is 12.8. The number of hydrogen-bond acceptors (Lipinski definition) is 2. The molecule has 19 heavy (non-hydrogen) atoms. The largest absolute Gasteiger partial charge is 0.493 e. The summed E-state index contributed by atoms with van der Waals surface area (Å²) in [5.41, 5.74) is 1.34. The molecule has 1 fully saturated rings. The van der Waals surface area contributed by atoms with Crippen LogP contribution < -0.4 is 4.74 Å². The summed E-state index contributed by atoms with van der Waals surface area (Å²) in [4.78, 5) is 11.6. The molecule has 1 unspecified atom stereocenters. The molecule has 1 saturated carbocycles. The molecular weight excluding hydrogens is 264 g/mol. The molecule has 1 atom stereocenters. The number of benzene rings is 1. The average molecular weight is 281 g/mol. The Kier molecular flexibility index (Phi) is 2.97. The molecule has 0 radical (unpaired) electrons. The van der Waals surface area contributed by atoms with Crippen LogP contribution in [-0.4, -0.2) is 17.7 Å². The van der Waals surface area contributed by atoms with Gasteiger partial charge in [-0.15, -0.1) is 0 Å². The molecule has 4 heteroatoms. The van der Waals surface area contributed by atoms with Gasteiger partial charge in [0.25, 0.3) is 0 Å². The Balaban J connectivity index is 1.97. The Bertz CT molecular complexity index is 536. The monoisotopic (exact) mass is 280 g/mol. The minimum atomic E-state index is -0.721. The Labute approximate surface area is 117 Å². The summed E-state index contributed by atoms with van der Waals surface area (Å²) in [7, 11) is 0. The highest BCUT2D eigenvalue weighted by atomic mass is 35.5. The van der Waals surface area contributed by atoms with Crippen LogP contribution in [0.1, 0.15) is 30.9 Å². The summed E-state index contributed by atoms with van der Waals surface area (Å²) >= 11 is 6.13. The minimum absolute atomic E-state index is 0.279. The smallest absolute Gasteiger partial charge is 0.309 e. The van der Waals surface area contributed by atoms with E-state index in [4.69, 9.17) is 16.3 Å². The molecule has 1 aliphatic carbocycles. The average Bonchev–Trinajstić information content (AvgIpc) is 3.09. The van der Waals surface area contributed by atoms with Crippen LogP contribution in [-0.2, 0) is 17.6 Å². The lowest BCUT2D eigenvalue weighted by molar-refractivity contribution is -0.149. The fourth-order valence-corrected chi connectivity index (χ4v) is 3.25. The van der Waals surface area contributed by atoms with Gasteiger partial charge in [-0.3, -0.25) is 4.79 Å². The molecule has 102 valence electrons. The third-order valence-electron chi connectivity index (χ3n) is 4.35. The van der Waals surface area contributed by atoms with Crippen molar-refractivity contribution in [3.8, 4) is 5.75 Å². The van der Waals surface area contributed by atoms with Gasteiger partial charge in [-0.25, -0.2) is 0 Å². The fraction of sp³-hybridized carbons (Fsp3) is 0.533. The predicted molar refractivity (Wildman–Crippen MR) is 72.8 cm³/mol. The third kappa shape index (κ3) is 2.20. The van der Waals surface area contributed by atoms with Gasteiger partial charge in [0.1, 0.15) is 5.75 Å². The number of fused-ring (bicyclic) bond motifs is 1. The highest BCUT2D eigenvalue weighted by Crippen LogP contribution is 2.49. The van der Waals surface area contributed by atoms with Gasteiger partial charge in [0.2, 0.25) is 0 Å². The molecule has 1 aliphatic heterocycles. The molecular formula is C15H17ClO3. The number of ether oxygens (including phenoxy) is 1. The molecule has 1 heterocycles. The topological polar surface area (TPSA) is 46.5 Å². The van der Waals surface area contributed by atoms with E-state index in [0.29, 0.717) is 18.1 Å². The third-order valence-corrected chi connectivity index (χ3v) is 4.57. The van der Waals surface area contributed by atoms with E-state index in [9.17, 15) is 9.90 Å². The van der Waals surface area contributed by atoms with Crippen LogP contribution in [0.2, 0.25) is 5.02 Å². The van der Waals surface area contributed by atoms with E-state index in [1.807, 2.05) is 19.1 Å². The summed E-state index contributed by atoms with van der Waals surface area (Å²) in [5.74, 6) is 0.417. The van der Waals surface area contributed by atoms with Gasteiger partial charge in [-0.2, -0.15) is 0 Å². The maximum absolute atomic E-state index is 11.6. The Morgan fingerprint density at radius 2 is 2.26 bits per heavy atom. The number of aliphatic carboxylic acids is 1. The van der Waals surface area contributed by atoms with Crippen molar-refractivity contribution < 1.29 is 14.6 Å². The summed E-state index contributed by atoms with van der Waals surface area (Å²) in [6.45, 7) is 2.51. The predicted octanol–water partition coefficient (Wildman–Crippen LogP) is 3.32. The fourth-order valence-electron chi connectivity index (χ4n) is 2.99. The van der Waals surface area contributed by atoms with Gasteiger partial charge < -0.3 is 9.84 Å². The van der Waals surface area contributed by atoms with Crippen molar-refractivity contribution in [3.63, 3.8) is 0 Å². The maximum Gasteiger partial charge on any atom is 0.309 e. The first-order valence-corrected chi connectivity index (χ1v) is 7.06. The van der Waals surface area contributed by atoms with Crippen LogP contribution in [0.15, 0.2) is 12.1 Å².